The minimum atomic E-state index is -4.51. The van der Waals surface area contributed by atoms with Gasteiger partial charge in [-0.3, -0.25) is 14.4 Å². The summed E-state index contributed by atoms with van der Waals surface area (Å²) in [5.41, 5.74) is 2.07. The van der Waals surface area contributed by atoms with E-state index in [1.165, 1.54) is 4.68 Å². The second-order valence-corrected chi connectivity index (χ2v) is 9.37. The number of hydrogen-bond acceptors (Lipinski definition) is 4. The van der Waals surface area contributed by atoms with E-state index in [2.05, 4.69) is 15.3 Å². The lowest BCUT2D eigenvalue weighted by Crippen LogP contribution is -2.36. The van der Waals surface area contributed by atoms with Gasteiger partial charge in [-0.2, -0.15) is 28.5 Å². The third-order valence-electron chi connectivity index (χ3n) is 6.06. The van der Waals surface area contributed by atoms with Crippen molar-refractivity contribution in [2.45, 2.75) is 52.5 Å². The highest BCUT2D eigenvalue weighted by atomic mass is 35.5. The van der Waals surface area contributed by atoms with Gasteiger partial charge in [-0.15, -0.1) is 0 Å². The van der Waals surface area contributed by atoms with Gasteiger partial charge in [0, 0.05) is 24.2 Å². The van der Waals surface area contributed by atoms with Gasteiger partial charge in [-0.05, 0) is 44.5 Å². The van der Waals surface area contributed by atoms with Crippen LogP contribution in [-0.4, -0.2) is 35.2 Å². The molecule has 0 fully saturated rings. The topological polar surface area (TPSA) is 73.8 Å². The highest BCUT2D eigenvalue weighted by Crippen LogP contribution is 2.34. The zero-order chi connectivity index (χ0) is 25.8. The fourth-order valence-electron chi connectivity index (χ4n) is 4.31. The number of aromatic nitrogens is 6. The summed E-state index contributed by atoms with van der Waals surface area (Å²) in [7, 11) is 0. The number of nitrogens with zero attached hydrogens (tertiary/aromatic N) is 7. The average molecular weight is 518 g/mol. The van der Waals surface area contributed by atoms with Crippen molar-refractivity contribution < 1.29 is 18.0 Å². The van der Waals surface area contributed by atoms with Crippen LogP contribution in [0.3, 0.4) is 0 Å². The van der Waals surface area contributed by atoms with Crippen molar-refractivity contribution in [2.24, 2.45) is 0 Å². The summed E-state index contributed by atoms with van der Waals surface area (Å²) < 4.78 is 43.9. The van der Waals surface area contributed by atoms with Gasteiger partial charge < -0.3 is 0 Å². The second-order valence-electron chi connectivity index (χ2n) is 8.97. The summed E-state index contributed by atoms with van der Waals surface area (Å²) in [5, 5.41) is 13.2. The Balaban J connectivity index is 1.42. The largest absolute Gasteiger partial charge is 0.435 e. The monoisotopic (exact) mass is 517 g/mol. The van der Waals surface area contributed by atoms with Crippen molar-refractivity contribution >= 4 is 23.3 Å². The molecule has 0 unspecified atom stereocenters. The summed E-state index contributed by atoms with van der Waals surface area (Å²) in [6.45, 7) is 6.30. The van der Waals surface area contributed by atoms with Crippen molar-refractivity contribution in [1.29, 1.82) is 0 Å². The van der Waals surface area contributed by atoms with Crippen LogP contribution >= 0.6 is 11.6 Å². The number of halogens is 4. The normalized spacial score (nSPS) is 14.1. The summed E-state index contributed by atoms with van der Waals surface area (Å²) in [6, 6.07) is 9.85. The zero-order valence-electron chi connectivity index (χ0n) is 19.8. The van der Waals surface area contributed by atoms with Crippen molar-refractivity contribution in [2.75, 3.05) is 4.90 Å². The third kappa shape index (κ3) is 4.27. The van der Waals surface area contributed by atoms with Gasteiger partial charge in [0.2, 0.25) is 5.91 Å². The Morgan fingerprint density at radius 3 is 2.47 bits per heavy atom. The fourth-order valence-corrected chi connectivity index (χ4v) is 4.54. The Bertz CT molecular complexity index is 1430. The highest BCUT2D eigenvalue weighted by Gasteiger charge is 2.34. The van der Waals surface area contributed by atoms with Gasteiger partial charge in [-0.25, -0.2) is 9.36 Å². The third-order valence-corrected chi connectivity index (χ3v) is 6.33. The van der Waals surface area contributed by atoms with Crippen molar-refractivity contribution in [3.8, 4) is 17.1 Å². The molecule has 0 bridgehead atoms. The molecule has 1 amide bonds. The minimum Gasteiger partial charge on any atom is -0.292 e. The molecule has 0 atom stereocenters. The molecule has 1 aliphatic rings. The molecule has 0 aliphatic carbocycles. The van der Waals surface area contributed by atoms with Crippen LogP contribution in [0.1, 0.15) is 43.3 Å². The number of amides is 1. The predicted octanol–water partition coefficient (Wildman–Crippen LogP) is 5.43. The van der Waals surface area contributed by atoms with E-state index in [4.69, 9.17) is 11.6 Å². The van der Waals surface area contributed by atoms with Crippen LogP contribution in [0.5, 0.6) is 0 Å². The standard InChI is InChI=1S/C24H23ClF3N7O/c1-14(2)34-23(18(25)12-29-34)19-11-21-32(22(36)8-9-33(21)30-19)13-16-4-6-17(7-5-16)35-15(3)10-20(31-35)24(26,27)28/h4-7,10-12,14H,8-9,13H2,1-3H3. The highest BCUT2D eigenvalue weighted by molar-refractivity contribution is 6.33. The quantitative estimate of drug-likeness (QED) is 0.354. The van der Waals surface area contributed by atoms with Crippen LogP contribution in [0.15, 0.2) is 42.6 Å². The van der Waals surface area contributed by atoms with E-state index in [1.807, 2.05) is 19.9 Å². The number of carbonyl (C=O) groups is 1. The zero-order valence-corrected chi connectivity index (χ0v) is 20.5. The SMILES string of the molecule is Cc1cc(C(F)(F)F)nn1-c1ccc(CN2C(=O)CCn3nc(-c4c(Cl)cnn4C(C)C)cc32)cc1. The Labute approximate surface area is 209 Å². The minimum absolute atomic E-state index is 0.0424. The van der Waals surface area contributed by atoms with Gasteiger partial charge in [0.1, 0.15) is 17.2 Å². The number of hydrogen-bond donors (Lipinski definition) is 0. The molecule has 4 heterocycles. The molecule has 0 spiro atoms. The van der Waals surface area contributed by atoms with Crippen LogP contribution in [-0.2, 0) is 24.1 Å². The lowest BCUT2D eigenvalue weighted by Gasteiger charge is -2.27. The molecule has 0 saturated carbocycles. The first kappa shape index (κ1) is 24.1. The number of rotatable bonds is 5. The molecular weight excluding hydrogens is 495 g/mol. The lowest BCUT2D eigenvalue weighted by molar-refractivity contribution is -0.141. The molecule has 12 heteroatoms. The summed E-state index contributed by atoms with van der Waals surface area (Å²) in [5.74, 6) is 0.606. The van der Waals surface area contributed by atoms with E-state index in [-0.39, 0.29) is 18.5 Å². The summed E-state index contributed by atoms with van der Waals surface area (Å²) >= 11 is 6.40. The average Bonchev–Trinajstić information content (AvgIpc) is 3.52. The Morgan fingerprint density at radius 1 is 1.11 bits per heavy atom. The van der Waals surface area contributed by atoms with Gasteiger partial charge >= 0.3 is 6.18 Å². The van der Waals surface area contributed by atoms with E-state index in [0.717, 1.165) is 11.6 Å². The van der Waals surface area contributed by atoms with E-state index >= 15 is 0 Å². The Morgan fingerprint density at radius 2 is 1.83 bits per heavy atom. The molecule has 5 rings (SSSR count). The number of alkyl halides is 3. The van der Waals surface area contributed by atoms with Gasteiger partial charge in [0.25, 0.3) is 0 Å². The van der Waals surface area contributed by atoms with Crippen LogP contribution in [0.4, 0.5) is 19.0 Å². The molecule has 188 valence electrons. The number of aryl methyl sites for hydroxylation is 2. The van der Waals surface area contributed by atoms with E-state index in [0.29, 0.717) is 46.6 Å². The lowest BCUT2D eigenvalue weighted by atomic mass is 10.1. The molecule has 8 nitrogen and oxygen atoms in total. The van der Waals surface area contributed by atoms with E-state index < -0.39 is 11.9 Å². The number of fused-ring (bicyclic) bond motifs is 1. The van der Waals surface area contributed by atoms with E-state index in [1.54, 1.807) is 51.6 Å². The molecule has 0 radical (unpaired) electrons. The first-order valence-electron chi connectivity index (χ1n) is 11.4. The number of benzene rings is 1. The molecular formula is C24H23ClF3N7O. The Hall–Kier alpha value is -3.60. The van der Waals surface area contributed by atoms with Crippen LogP contribution in [0, 0.1) is 6.92 Å². The maximum atomic E-state index is 13.0. The first-order valence-corrected chi connectivity index (χ1v) is 11.8. The molecule has 0 saturated heterocycles. The molecule has 1 aliphatic heterocycles. The molecule has 4 aromatic rings. The van der Waals surface area contributed by atoms with Gasteiger partial charge in [0.15, 0.2) is 5.69 Å². The molecule has 1 aromatic carbocycles. The van der Waals surface area contributed by atoms with Crippen LogP contribution in [0.25, 0.3) is 17.1 Å². The maximum absolute atomic E-state index is 13.0. The van der Waals surface area contributed by atoms with E-state index in [9.17, 15) is 18.0 Å². The van der Waals surface area contributed by atoms with Gasteiger partial charge in [0.05, 0.1) is 30.0 Å². The smallest absolute Gasteiger partial charge is 0.292 e. The number of carbonyl (C=O) groups excluding carboxylic acids is 1. The van der Waals surface area contributed by atoms with Crippen molar-refractivity contribution in [1.82, 2.24) is 29.3 Å². The summed E-state index contributed by atoms with van der Waals surface area (Å²) in [4.78, 5) is 14.5. The summed E-state index contributed by atoms with van der Waals surface area (Å²) in [6.07, 6.45) is -2.63. The second kappa shape index (κ2) is 8.81. The molecule has 3 aromatic heterocycles. The van der Waals surface area contributed by atoms with Crippen molar-refractivity contribution in [3.63, 3.8) is 0 Å². The van der Waals surface area contributed by atoms with Gasteiger partial charge in [-0.1, -0.05) is 23.7 Å². The van der Waals surface area contributed by atoms with Crippen molar-refractivity contribution in [3.05, 3.63) is 64.6 Å². The molecule has 36 heavy (non-hydrogen) atoms. The van der Waals surface area contributed by atoms with Crippen LogP contribution in [0.2, 0.25) is 5.02 Å². The number of anilines is 1. The first-order chi connectivity index (χ1) is 17.0. The molecule has 0 N–H and O–H groups in total. The Kier molecular flexibility index (Phi) is 5.90. The predicted molar refractivity (Wildman–Crippen MR) is 128 cm³/mol. The fraction of sp³-hybridized carbons (Fsp3) is 0.333. The maximum Gasteiger partial charge on any atom is 0.435 e. The van der Waals surface area contributed by atoms with Crippen LogP contribution < -0.4 is 4.90 Å².